The first-order valence-electron chi connectivity index (χ1n) is 7.65. The fraction of sp³-hybridized carbons (Fsp3) is 0.933. The standard InChI is InChI=1S/C15H31N3O2.HI/c1-15(2,3)18-14(16-4)17-8-5-9-20-12-13-6-10-19-11-7-13;/h13H,5-12H2,1-4H3,(H2,16,17,18);1H. The van der Waals surface area contributed by atoms with Gasteiger partial charge in [-0.05, 0) is 46.0 Å². The third kappa shape index (κ3) is 11.2. The van der Waals surface area contributed by atoms with Crippen LogP contribution in [0.5, 0.6) is 0 Å². The molecule has 126 valence electrons. The Hall–Kier alpha value is -0.0800. The van der Waals surface area contributed by atoms with Crippen molar-refractivity contribution in [3.05, 3.63) is 0 Å². The number of rotatable bonds is 6. The Bertz CT molecular complexity index is 287. The van der Waals surface area contributed by atoms with Gasteiger partial charge in [-0.25, -0.2) is 0 Å². The maximum atomic E-state index is 5.73. The van der Waals surface area contributed by atoms with Gasteiger partial charge >= 0.3 is 0 Å². The van der Waals surface area contributed by atoms with Crippen molar-refractivity contribution in [2.45, 2.75) is 45.6 Å². The largest absolute Gasteiger partial charge is 0.381 e. The first kappa shape index (κ1) is 20.9. The molecule has 1 aliphatic rings. The minimum atomic E-state index is 0. The van der Waals surface area contributed by atoms with E-state index in [1.165, 1.54) is 0 Å². The van der Waals surface area contributed by atoms with E-state index >= 15 is 0 Å². The molecule has 5 nitrogen and oxygen atoms in total. The predicted molar refractivity (Wildman–Crippen MR) is 98.6 cm³/mol. The van der Waals surface area contributed by atoms with Gasteiger partial charge in [-0.2, -0.15) is 0 Å². The van der Waals surface area contributed by atoms with Crippen LogP contribution in [-0.2, 0) is 9.47 Å². The summed E-state index contributed by atoms with van der Waals surface area (Å²) in [5.41, 5.74) is 0.0292. The molecule has 0 bridgehead atoms. The molecule has 0 saturated carbocycles. The van der Waals surface area contributed by atoms with Gasteiger partial charge in [-0.15, -0.1) is 24.0 Å². The number of hydrogen-bond acceptors (Lipinski definition) is 3. The van der Waals surface area contributed by atoms with Gasteiger partial charge in [-0.3, -0.25) is 4.99 Å². The lowest BCUT2D eigenvalue weighted by molar-refractivity contribution is 0.0203. The minimum absolute atomic E-state index is 0. The molecule has 0 spiro atoms. The van der Waals surface area contributed by atoms with Gasteiger partial charge in [0.1, 0.15) is 0 Å². The maximum absolute atomic E-state index is 5.73. The van der Waals surface area contributed by atoms with E-state index in [-0.39, 0.29) is 29.5 Å². The highest BCUT2D eigenvalue weighted by Gasteiger charge is 2.13. The van der Waals surface area contributed by atoms with Crippen molar-refractivity contribution in [3.8, 4) is 0 Å². The molecule has 0 atom stereocenters. The van der Waals surface area contributed by atoms with E-state index in [1.807, 2.05) is 0 Å². The van der Waals surface area contributed by atoms with E-state index in [0.29, 0.717) is 5.92 Å². The first-order chi connectivity index (χ1) is 9.51. The van der Waals surface area contributed by atoms with E-state index in [9.17, 15) is 0 Å². The molecule has 1 rings (SSSR count). The van der Waals surface area contributed by atoms with Crippen molar-refractivity contribution < 1.29 is 9.47 Å². The lowest BCUT2D eigenvalue weighted by Crippen LogP contribution is -2.47. The predicted octanol–water partition coefficient (Wildman–Crippen LogP) is 2.40. The monoisotopic (exact) mass is 413 g/mol. The fourth-order valence-corrected chi connectivity index (χ4v) is 2.08. The summed E-state index contributed by atoms with van der Waals surface area (Å²) in [6, 6.07) is 0. The van der Waals surface area contributed by atoms with Crippen molar-refractivity contribution in [3.63, 3.8) is 0 Å². The molecular formula is C15H32IN3O2. The summed E-state index contributed by atoms with van der Waals surface area (Å²) in [5, 5.41) is 6.64. The van der Waals surface area contributed by atoms with Gasteiger partial charge in [-0.1, -0.05) is 0 Å². The number of guanidine groups is 1. The number of ether oxygens (including phenoxy) is 2. The Kier molecular flexibility index (Phi) is 11.4. The molecule has 1 saturated heterocycles. The third-order valence-electron chi connectivity index (χ3n) is 3.17. The van der Waals surface area contributed by atoms with Gasteiger partial charge < -0.3 is 20.1 Å². The molecule has 0 amide bonds. The summed E-state index contributed by atoms with van der Waals surface area (Å²) in [6.07, 6.45) is 3.27. The molecule has 1 heterocycles. The Morgan fingerprint density at radius 2 is 1.95 bits per heavy atom. The lowest BCUT2D eigenvalue weighted by Gasteiger charge is -2.24. The van der Waals surface area contributed by atoms with Crippen molar-refractivity contribution >= 4 is 29.9 Å². The average Bonchev–Trinajstić information content (AvgIpc) is 2.41. The zero-order valence-corrected chi connectivity index (χ0v) is 16.2. The van der Waals surface area contributed by atoms with Gasteiger partial charge in [0.25, 0.3) is 0 Å². The molecule has 0 aromatic carbocycles. The quantitative estimate of drug-likeness (QED) is 0.304. The Morgan fingerprint density at radius 3 is 2.52 bits per heavy atom. The summed E-state index contributed by atoms with van der Waals surface area (Å²) >= 11 is 0. The zero-order chi connectivity index (χ0) is 14.8. The number of halogens is 1. The topological polar surface area (TPSA) is 54.9 Å². The number of hydrogen-bond donors (Lipinski definition) is 2. The van der Waals surface area contributed by atoms with Crippen LogP contribution >= 0.6 is 24.0 Å². The number of nitrogens with zero attached hydrogens (tertiary/aromatic N) is 1. The number of aliphatic imine (C=N–C) groups is 1. The fourth-order valence-electron chi connectivity index (χ4n) is 2.08. The molecule has 0 aliphatic carbocycles. The third-order valence-corrected chi connectivity index (χ3v) is 3.17. The van der Waals surface area contributed by atoms with Crippen LogP contribution in [0.4, 0.5) is 0 Å². The van der Waals surface area contributed by atoms with Crippen LogP contribution < -0.4 is 10.6 Å². The molecule has 6 heteroatoms. The van der Waals surface area contributed by atoms with Crippen LogP contribution in [0.2, 0.25) is 0 Å². The molecule has 2 N–H and O–H groups in total. The van der Waals surface area contributed by atoms with Crippen molar-refractivity contribution in [1.29, 1.82) is 0 Å². The molecule has 1 aliphatic heterocycles. The highest BCUT2D eigenvalue weighted by Crippen LogP contribution is 2.14. The normalized spacial score (nSPS) is 17.2. The van der Waals surface area contributed by atoms with Crippen LogP contribution in [0.3, 0.4) is 0 Å². The molecule has 0 unspecified atom stereocenters. The second-order valence-electron chi connectivity index (χ2n) is 6.36. The Labute approximate surface area is 146 Å². The summed E-state index contributed by atoms with van der Waals surface area (Å²) in [7, 11) is 1.79. The first-order valence-corrected chi connectivity index (χ1v) is 7.65. The highest BCUT2D eigenvalue weighted by atomic mass is 127. The van der Waals surface area contributed by atoms with E-state index < -0.39 is 0 Å². The maximum Gasteiger partial charge on any atom is 0.191 e. The van der Waals surface area contributed by atoms with E-state index in [1.54, 1.807) is 7.05 Å². The molecule has 0 aromatic heterocycles. The summed E-state index contributed by atoms with van der Waals surface area (Å²) in [5.74, 6) is 1.54. The van der Waals surface area contributed by atoms with Crippen molar-refractivity contribution in [1.82, 2.24) is 10.6 Å². The second-order valence-corrected chi connectivity index (χ2v) is 6.36. The Balaban J connectivity index is 0.00000400. The van der Waals surface area contributed by atoms with Crippen LogP contribution in [0.25, 0.3) is 0 Å². The second kappa shape index (κ2) is 11.5. The number of nitrogens with one attached hydrogen (secondary N) is 2. The van der Waals surface area contributed by atoms with Crippen molar-refractivity contribution in [2.75, 3.05) is 40.0 Å². The molecule has 0 radical (unpaired) electrons. The molecular weight excluding hydrogens is 381 g/mol. The van der Waals surface area contributed by atoms with E-state index in [0.717, 1.165) is 58.2 Å². The Morgan fingerprint density at radius 1 is 1.29 bits per heavy atom. The van der Waals surface area contributed by atoms with Crippen LogP contribution in [0.15, 0.2) is 4.99 Å². The molecule has 21 heavy (non-hydrogen) atoms. The van der Waals surface area contributed by atoms with Crippen LogP contribution in [-0.4, -0.2) is 51.5 Å². The molecule has 1 fully saturated rings. The highest BCUT2D eigenvalue weighted by molar-refractivity contribution is 14.0. The van der Waals surface area contributed by atoms with E-state index in [4.69, 9.17) is 9.47 Å². The average molecular weight is 413 g/mol. The van der Waals surface area contributed by atoms with E-state index in [2.05, 4.69) is 36.4 Å². The zero-order valence-electron chi connectivity index (χ0n) is 13.9. The van der Waals surface area contributed by atoms with Gasteiger partial charge in [0, 0.05) is 45.6 Å². The van der Waals surface area contributed by atoms with Gasteiger partial charge in [0.15, 0.2) is 5.96 Å². The van der Waals surface area contributed by atoms with Crippen LogP contribution in [0, 0.1) is 5.92 Å². The SMILES string of the molecule is CN=C(NCCCOCC1CCOCC1)NC(C)(C)C.I. The van der Waals surface area contributed by atoms with Crippen molar-refractivity contribution in [2.24, 2.45) is 10.9 Å². The summed E-state index contributed by atoms with van der Waals surface area (Å²) in [4.78, 5) is 4.20. The summed E-state index contributed by atoms with van der Waals surface area (Å²) < 4.78 is 11.1. The van der Waals surface area contributed by atoms with Crippen LogP contribution in [0.1, 0.15) is 40.0 Å². The van der Waals surface area contributed by atoms with Gasteiger partial charge in [0.05, 0.1) is 0 Å². The molecule has 0 aromatic rings. The lowest BCUT2D eigenvalue weighted by atomic mass is 10.0. The smallest absolute Gasteiger partial charge is 0.191 e. The minimum Gasteiger partial charge on any atom is -0.381 e. The van der Waals surface area contributed by atoms with Gasteiger partial charge in [0.2, 0.25) is 0 Å². The summed E-state index contributed by atoms with van der Waals surface area (Å²) in [6.45, 7) is 10.7.